The molecule has 2 aromatic heterocycles. The lowest BCUT2D eigenvalue weighted by atomic mass is 9.65. The van der Waals surface area contributed by atoms with Crippen LogP contribution >= 0.6 is 22.9 Å². The quantitative estimate of drug-likeness (QED) is 0.453. The maximum absolute atomic E-state index is 12.8. The number of aromatic nitrogens is 2. The van der Waals surface area contributed by atoms with Crippen molar-refractivity contribution < 1.29 is 20.8 Å². The fourth-order valence-corrected chi connectivity index (χ4v) is 6.36. The maximum atomic E-state index is 12.8. The molecule has 184 valence electrons. The molecule has 34 heavy (non-hydrogen) atoms. The summed E-state index contributed by atoms with van der Waals surface area (Å²) in [5.41, 5.74) is 1.46. The molecule has 3 heterocycles. The molecule has 1 aromatic carbocycles. The molecule has 2 fully saturated rings. The van der Waals surface area contributed by atoms with Crippen molar-refractivity contribution >= 4 is 50.6 Å². The van der Waals surface area contributed by atoms with Crippen LogP contribution in [0, 0.1) is 5.41 Å². The van der Waals surface area contributed by atoms with Crippen molar-refractivity contribution in [2.45, 2.75) is 37.9 Å². The number of hydrogen-bond donors (Lipinski definition) is 2. The summed E-state index contributed by atoms with van der Waals surface area (Å²) in [5, 5.41) is 7.26. The van der Waals surface area contributed by atoms with Crippen molar-refractivity contribution in [3.63, 3.8) is 0 Å². The van der Waals surface area contributed by atoms with Crippen molar-refractivity contribution in [2.24, 2.45) is 5.41 Å². The highest BCUT2D eigenvalue weighted by molar-refractivity contribution is 7.18. The van der Waals surface area contributed by atoms with Gasteiger partial charge in [0.05, 0.1) is 22.5 Å². The van der Waals surface area contributed by atoms with E-state index in [1.165, 1.54) is 6.33 Å². The number of alkyl halides is 3. The molecule has 1 aliphatic carbocycles. The lowest BCUT2D eigenvalue weighted by Crippen LogP contribution is -2.46. The fourth-order valence-electron chi connectivity index (χ4n) is 5.10. The van der Waals surface area contributed by atoms with Crippen LogP contribution in [0.15, 0.2) is 30.6 Å². The minimum atomic E-state index is -4.24. The molecule has 1 saturated carbocycles. The van der Waals surface area contributed by atoms with Crippen molar-refractivity contribution in [1.82, 2.24) is 15.3 Å². The normalized spacial score (nSPS) is 22.3. The molecular formula is C23H27ClF3N5OS. The Labute approximate surface area is 206 Å². The van der Waals surface area contributed by atoms with E-state index in [0.29, 0.717) is 20.8 Å². The highest BCUT2D eigenvalue weighted by Gasteiger charge is 2.49. The van der Waals surface area contributed by atoms with Gasteiger partial charge in [-0.05, 0) is 48.9 Å². The van der Waals surface area contributed by atoms with Crippen LogP contribution in [0.25, 0.3) is 10.2 Å². The Morgan fingerprint density at radius 3 is 2.82 bits per heavy atom. The second-order valence-electron chi connectivity index (χ2n) is 9.12. The number of carbonyl (C=O) groups is 1. The van der Waals surface area contributed by atoms with Gasteiger partial charge in [0.25, 0.3) is 5.91 Å². The summed E-state index contributed by atoms with van der Waals surface area (Å²) in [6.45, 7) is 1.62. The minimum Gasteiger partial charge on any atom is -0.381 e. The molecule has 2 N–H and O–H groups in total. The molecule has 0 unspecified atom stereocenters. The molecule has 11 heteroatoms. The van der Waals surface area contributed by atoms with E-state index in [2.05, 4.69) is 25.5 Å². The Morgan fingerprint density at radius 2 is 2.12 bits per heavy atom. The lowest BCUT2D eigenvalue weighted by Gasteiger charge is -2.46. The molecule has 0 atom stereocenters. The lowest BCUT2D eigenvalue weighted by molar-refractivity contribution is -0.126. The Hall–Kier alpha value is -2.59. The molecule has 6 nitrogen and oxygen atoms in total. The second kappa shape index (κ2) is 8.57. The summed E-state index contributed by atoms with van der Waals surface area (Å²) in [6.07, 6.45) is -0.822. The van der Waals surface area contributed by atoms with Gasteiger partial charge < -0.3 is 15.5 Å². The first-order valence-electron chi connectivity index (χ1n) is 11.0. The van der Waals surface area contributed by atoms with E-state index in [-0.39, 0.29) is 25.1 Å². The van der Waals surface area contributed by atoms with Crippen LogP contribution in [0.1, 0.15) is 37.4 Å². The summed E-state index contributed by atoms with van der Waals surface area (Å²) in [4.78, 5) is 23.4. The van der Waals surface area contributed by atoms with Crippen LogP contribution in [0.2, 0.25) is 5.02 Å². The van der Waals surface area contributed by atoms with Gasteiger partial charge in [-0.3, -0.25) is 4.79 Å². The topological polar surface area (TPSA) is 70.2 Å². The summed E-state index contributed by atoms with van der Waals surface area (Å²) in [5.74, 6) is 0.535. The maximum Gasteiger partial charge on any atom is 0.393 e. The van der Waals surface area contributed by atoms with Crippen molar-refractivity contribution in [3.8, 4) is 0 Å². The van der Waals surface area contributed by atoms with Gasteiger partial charge in [-0.1, -0.05) is 11.6 Å². The number of nitrogens with one attached hydrogen (secondary N) is 2. The zero-order valence-corrected chi connectivity index (χ0v) is 19.9. The van der Waals surface area contributed by atoms with E-state index >= 15 is 0 Å². The smallest absolute Gasteiger partial charge is 0.381 e. The number of amides is 1. The van der Waals surface area contributed by atoms with E-state index in [0.717, 1.165) is 55.2 Å². The molecule has 1 saturated heterocycles. The number of rotatable bonds is 5. The highest BCUT2D eigenvalue weighted by atomic mass is 35.5. The average molecular weight is 514 g/mol. The van der Waals surface area contributed by atoms with Crippen LogP contribution in [0.4, 0.5) is 24.7 Å². The zero-order chi connectivity index (χ0) is 24.1. The average Bonchev–Trinajstić information content (AvgIpc) is 3.36. The van der Waals surface area contributed by atoms with Crippen LogP contribution in [0.3, 0.4) is 0 Å². The van der Waals surface area contributed by atoms with Crippen molar-refractivity contribution in [1.29, 1.82) is 0 Å². The molecular weight excluding hydrogens is 487 g/mol. The van der Waals surface area contributed by atoms with Crippen molar-refractivity contribution in [2.75, 3.05) is 30.4 Å². The summed E-state index contributed by atoms with van der Waals surface area (Å²) >= 11 is 7.45. The van der Waals surface area contributed by atoms with E-state index in [1.54, 1.807) is 25.2 Å². The molecule has 2 aliphatic rings. The monoisotopic (exact) mass is 513 g/mol. The number of anilines is 2. The first kappa shape index (κ1) is 23.2. The molecule has 0 radical (unpaired) electrons. The van der Waals surface area contributed by atoms with E-state index in [1.807, 2.05) is 6.07 Å². The summed E-state index contributed by atoms with van der Waals surface area (Å²) in [7, 11) is 1.58. The van der Waals surface area contributed by atoms with Gasteiger partial charge in [0, 0.05) is 39.5 Å². The number of hydrogen-bond acceptors (Lipinski definition) is 6. The Morgan fingerprint density at radius 1 is 1.32 bits per heavy atom. The zero-order valence-electron chi connectivity index (χ0n) is 18.4. The number of benzene rings is 1. The number of thiophene rings is 1. The largest absolute Gasteiger partial charge is 0.393 e. The number of carbonyl (C=O) groups excluding carboxylic acids is 1. The third-order valence-electron chi connectivity index (χ3n) is 6.65. The van der Waals surface area contributed by atoms with E-state index < -0.39 is 12.6 Å². The number of nitrogens with zero attached hydrogens (tertiary/aromatic N) is 3. The van der Waals surface area contributed by atoms with Crippen molar-refractivity contribution in [3.05, 3.63) is 46.1 Å². The Bertz CT molecular complexity index is 1250. The fraction of sp³-hybridized carbons (Fsp3) is 0.435. The van der Waals surface area contributed by atoms with Gasteiger partial charge in [-0.25, -0.2) is 9.97 Å². The molecule has 1 amide bonds. The van der Waals surface area contributed by atoms with Gasteiger partial charge in [0.15, 0.2) is 0 Å². The SMILES string of the molecule is CNC(=O)c1ccc(NC2CC3(CCN(c4ncnc5sc(CC(F)(F)F)cc45)C3)C2)c(Cl)c1.[HH].[HH]. The summed E-state index contributed by atoms with van der Waals surface area (Å²) in [6, 6.07) is 7.08. The number of halogens is 4. The first-order valence-corrected chi connectivity index (χ1v) is 12.2. The third-order valence-corrected chi connectivity index (χ3v) is 8.00. The molecule has 1 aliphatic heterocycles. The van der Waals surface area contributed by atoms with Crippen LogP contribution in [0.5, 0.6) is 0 Å². The first-order chi connectivity index (χ1) is 16.1. The minimum absolute atomic E-state index is 0. The molecule has 0 bridgehead atoms. The molecule has 5 rings (SSSR count). The molecule has 3 aromatic rings. The third kappa shape index (κ3) is 4.53. The van der Waals surface area contributed by atoms with Crippen LogP contribution in [-0.2, 0) is 6.42 Å². The second-order valence-corrected chi connectivity index (χ2v) is 10.6. The van der Waals surface area contributed by atoms with Gasteiger partial charge in [-0.2, -0.15) is 13.2 Å². The highest BCUT2D eigenvalue weighted by Crippen LogP contribution is 2.50. The predicted molar refractivity (Wildman–Crippen MR) is 132 cm³/mol. The van der Waals surface area contributed by atoms with Gasteiger partial charge >= 0.3 is 6.18 Å². The van der Waals surface area contributed by atoms with Gasteiger partial charge in [-0.15, -0.1) is 11.3 Å². The Balaban J connectivity index is 0.00000180. The Kier molecular flexibility index (Phi) is 5.84. The standard InChI is InChI=1S/C23H23ClF3N5OS.2H2/c1-28-20(33)13-2-3-18(17(24)6-13)31-14-8-22(9-14)4-5-32(11-22)19-16-7-15(10-23(25,26)27)34-21(16)30-12-29-19;;/h2-3,6-7,12,14,31H,4-5,8-11H2,1H3,(H,28,33);2*1H. The van der Waals surface area contributed by atoms with Gasteiger partial charge in [0.2, 0.25) is 0 Å². The molecule has 1 spiro atoms. The predicted octanol–water partition coefficient (Wildman–Crippen LogP) is 5.77. The van der Waals surface area contributed by atoms with E-state index in [9.17, 15) is 18.0 Å². The van der Waals surface area contributed by atoms with Gasteiger partial charge in [0.1, 0.15) is 17.0 Å². The van der Waals surface area contributed by atoms with Crippen LogP contribution < -0.4 is 15.5 Å². The van der Waals surface area contributed by atoms with Crippen LogP contribution in [-0.4, -0.2) is 48.2 Å². The number of fused-ring (bicyclic) bond motifs is 1. The summed E-state index contributed by atoms with van der Waals surface area (Å²) < 4.78 is 38.5. The van der Waals surface area contributed by atoms with E-state index in [4.69, 9.17) is 11.6 Å².